The summed E-state index contributed by atoms with van der Waals surface area (Å²) in [5.74, 6) is -1.34. The molecule has 144 valence electrons. The summed E-state index contributed by atoms with van der Waals surface area (Å²) in [5, 5.41) is 5.18. The van der Waals surface area contributed by atoms with E-state index in [9.17, 15) is 19.2 Å². The minimum atomic E-state index is -0.912. The summed E-state index contributed by atoms with van der Waals surface area (Å²) in [6, 6.07) is 13.9. The van der Waals surface area contributed by atoms with Gasteiger partial charge in [0.2, 0.25) is 5.91 Å². The summed E-state index contributed by atoms with van der Waals surface area (Å²) in [4.78, 5) is 49.3. The number of urea groups is 1. The van der Waals surface area contributed by atoms with Crippen LogP contribution in [0.25, 0.3) is 0 Å². The number of imide groups is 1. The zero-order chi connectivity index (χ0) is 20.1. The molecule has 0 aliphatic carbocycles. The second kappa shape index (κ2) is 8.34. The van der Waals surface area contributed by atoms with Gasteiger partial charge in [0, 0.05) is 5.69 Å². The molecule has 8 nitrogen and oxygen atoms in total. The molecule has 2 N–H and O–H groups in total. The summed E-state index contributed by atoms with van der Waals surface area (Å²) in [7, 11) is 1.28. The molecule has 1 aliphatic rings. The van der Waals surface area contributed by atoms with Crippen LogP contribution >= 0.6 is 0 Å². The van der Waals surface area contributed by atoms with Crippen molar-refractivity contribution < 1.29 is 23.9 Å². The maximum absolute atomic E-state index is 12.5. The van der Waals surface area contributed by atoms with Gasteiger partial charge in [0.1, 0.15) is 6.04 Å². The number of esters is 1. The van der Waals surface area contributed by atoms with Crippen molar-refractivity contribution in [3.63, 3.8) is 0 Å². The SMILES string of the molecule is COC(=O)c1ccc(NC(=O)C[C@H]2NC(=O)N(Cc3ccccc3)C2=O)cc1. The van der Waals surface area contributed by atoms with E-state index in [0.29, 0.717) is 11.3 Å². The van der Waals surface area contributed by atoms with Gasteiger partial charge in [0.15, 0.2) is 0 Å². The van der Waals surface area contributed by atoms with Crippen LogP contribution in [0.15, 0.2) is 54.6 Å². The van der Waals surface area contributed by atoms with Crippen molar-refractivity contribution in [2.75, 3.05) is 12.4 Å². The fourth-order valence-electron chi connectivity index (χ4n) is 2.84. The summed E-state index contributed by atoms with van der Waals surface area (Å²) < 4.78 is 4.61. The highest BCUT2D eigenvalue weighted by molar-refractivity contribution is 6.06. The lowest BCUT2D eigenvalue weighted by Crippen LogP contribution is -2.34. The fraction of sp³-hybridized carbons (Fsp3) is 0.200. The Bertz CT molecular complexity index is 896. The van der Waals surface area contributed by atoms with E-state index in [1.807, 2.05) is 30.3 Å². The largest absolute Gasteiger partial charge is 0.465 e. The van der Waals surface area contributed by atoms with Crippen LogP contribution in [0.2, 0.25) is 0 Å². The van der Waals surface area contributed by atoms with Gasteiger partial charge in [0.25, 0.3) is 5.91 Å². The van der Waals surface area contributed by atoms with Crippen LogP contribution in [0, 0.1) is 0 Å². The number of nitrogens with one attached hydrogen (secondary N) is 2. The zero-order valence-electron chi connectivity index (χ0n) is 15.2. The molecule has 0 radical (unpaired) electrons. The second-order valence-corrected chi connectivity index (χ2v) is 6.23. The Morgan fingerprint density at radius 3 is 2.39 bits per heavy atom. The van der Waals surface area contributed by atoms with E-state index in [1.165, 1.54) is 19.2 Å². The van der Waals surface area contributed by atoms with Crippen molar-refractivity contribution in [1.29, 1.82) is 0 Å². The Labute approximate surface area is 161 Å². The van der Waals surface area contributed by atoms with E-state index in [0.717, 1.165) is 10.5 Å². The second-order valence-electron chi connectivity index (χ2n) is 6.23. The Hall–Kier alpha value is -3.68. The van der Waals surface area contributed by atoms with Gasteiger partial charge in [-0.15, -0.1) is 0 Å². The lowest BCUT2D eigenvalue weighted by Gasteiger charge is -2.13. The highest BCUT2D eigenvalue weighted by Crippen LogP contribution is 2.16. The number of carbonyl (C=O) groups is 4. The van der Waals surface area contributed by atoms with E-state index >= 15 is 0 Å². The number of amides is 4. The van der Waals surface area contributed by atoms with Crippen LogP contribution < -0.4 is 10.6 Å². The molecule has 0 spiro atoms. The highest BCUT2D eigenvalue weighted by atomic mass is 16.5. The molecule has 2 aromatic rings. The van der Waals surface area contributed by atoms with Crippen LogP contribution in [0.5, 0.6) is 0 Å². The first-order valence-corrected chi connectivity index (χ1v) is 8.62. The third-order valence-electron chi connectivity index (χ3n) is 4.27. The molecule has 0 saturated carbocycles. The van der Waals surface area contributed by atoms with E-state index in [-0.39, 0.29) is 13.0 Å². The molecule has 8 heteroatoms. The van der Waals surface area contributed by atoms with Gasteiger partial charge in [-0.2, -0.15) is 0 Å². The molecule has 0 aromatic heterocycles. The molecule has 0 bridgehead atoms. The number of carbonyl (C=O) groups excluding carboxylic acids is 4. The van der Waals surface area contributed by atoms with Crippen LogP contribution in [0.1, 0.15) is 22.3 Å². The Morgan fingerprint density at radius 1 is 1.07 bits per heavy atom. The Balaban J connectivity index is 1.57. The summed E-state index contributed by atoms with van der Waals surface area (Å²) in [6.45, 7) is 0.151. The number of ether oxygens (including phenoxy) is 1. The smallest absolute Gasteiger partial charge is 0.337 e. The minimum Gasteiger partial charge on any atom is -0.465 e. The van der Waals surface area contributed by atoms with Crippen LogP contribution in [-0.2, 0) is 20.9 Å². The van der Waals surface area contributed by atoms with Gasteiger partial charge in [0.05, 0.1) is 25.6 Å². The summed E-state index contributed by atoms with van der Waals surface area (Å²) in [5.41, 5.74) is 1.65. The predicted molar refractivity (Wildman–Crippen MR) is 100 cm³/mol. The maximum atomic E-state index is 12.5. The van der Waals surface area contributed by atoms with Crippen LogP contribution in [0.4, 0.5) is 10.5 Å². The van der Waals surface area contributed by atoms with Crippen molar-refractivity contribution >= 4 is 29.5 Å². The van der Waals surface area contributed by atoms with Gasteiger partial charge in [-0.1, -0.05) is 30.3 Å². The Morgan fingerprint density at radius 2 is 1.75 bits per heavy atom. The maximum Gasteiger partial charge on any atom is 0.337 e. The van der Waals surface area contributed by atoms with Crippen molar-refractivity contribution in [3.05, 3.63) is 65.7 Å². The first kappa shape index (κ1) is 19.1. The average molecular weight is 381 g/mol. The number of nitrogens with zero attached hydrogens (tertiary/aromatic N) is 1. The number of anilines is 1. The van der Waals surface area contributed by atoms with Gasteiger partial charge in [-0.3, -0.25) is 14.5 Å². The molecule has 28 heavy (non-hydrogen) atoms. The van der Waals surface area contributed by atoms with Gasteiger partial charge < -0.3 is 15.4 Å². The van der Waals surface area contributed by atoms with Crippen molar-refractivity contribution in [3.8, 4) is 0 Å². The molecule has 4 amide bonds. The molecule has 3 rings (SSSR count). The van der Waals surface area contributed by atoms with Gasteiger partial charge in [-0.25, -0.2) is 9.59 Å². The standard InChI is InChI=1S/C20H19N3O5/c1-28-19(26)14-7-9-15(10-8-14)21-17(24)11-16-18(25)23(20(27)22-16)12-13-5-3-2-4-6-13/h2-10,16H,11-12H2,1H3,(H,21,24)(H,22,27)/t16-/m1/s1. The van der Waals surface area contributed by atoms with Gasteiger partial charge >= 0.3 is 12.0 Å². The molecular weight excluding hydrogens is 362 g/mol. The molecule has 1 heterocycles. The van der Waals surface area contributed by atoms with E-state index in [2.05, 4.69) is 15.4 Å². The molecule has 1 aliphatic heterocycles. The third kappa shape index (κ3) is 4.35. The quantitative estimate of drug-likeness (QED) is 0.588. The van der Waals surface area contributed by atoms with Gasteiger partial charge in [-0.05, 0) is 29.8 Å². The van der Waals surface area contributed by atoms with E-state index in [1.54, 1.807) is 12.1 Å². The van der Waals surface area contributed by atoms with E-state index < -0.39 is 29.9 Å². The normalized spacial score (nSPS) is 15.9. The first-order chi connectivity index (χ1) is 13.5. The molecule has 0 unspecified atom stereocenters. The van der Waals surface area contributed by atoms with Crippen molar-refractivity contribution in [1.82, 2.24) is 10.2 Å². The zero-order valence-corrected chi connectivity index (χ0v) is 15.2. The molecule has 1 saturated heterocycles. The first-order valence-electron chi connectivity index (χ1n) is 8.62. The van der Waals surface area contributed by atoms with Crippen LogP contribution in [0.3, 0.4) is 0 Å². The monoisotopic (exact) mass is 381 g/mol. The summed E-state index contributed by atoms with van der Waals surface area (Å²) in [6.07, 6.45) is -0.186. The van der Waals surface area contributed by atoms with Crippen molar-refractivity contribution in [2.24, 2.45) is 0 Å². The summed E-state index contributed by atoms with van der Waals surface area (Å²) >= 11 is 0. The third-order valence-corrected chi connectivity index (χ3v) is 4.27. The predicted octanol–water partition coefficient (Wildman–Crippen LogP) is 1.92. The lowest BCUT2D eigenvalue weighted by molar-refractivity contribution is -0.130. The molecular formula is C20H19N3O5. The molecule has 1 atom stereocenters. The Kier molecular flexibility index (Phi) is 5.69. The van der Waals surface area contributed by atoms with Crippen LogP contribution in [-0.4, -0.2) is 41.9 Å². The molecule has 2 aromatic carbocycles. The number of hydrogen-bond acceptors (Lipinski definition) is 5. The number of benzene rings is 2. The molecule has 1 fully saturated rings. The lowest BCUT2D eigenvalue weighted by atomic mass is 10.1. The average Bonchev–Trinajstić information content (AvgIpc) is 2.96. The fourth-order valence-corrected chi connectivity index (χ4v) is 2.84. The van der Waals surface area contributed by atoms with E-state index in [4.69, 9.17) is 0 Å². The minimum absolute atomic E-state index is 0.151. The van der Waals surface area contributed by atoms with Crippen molar-refractivity contribution in [2.45, 2.75) is 19.0 Å². The number of rotatable bonds is 6. The topological polar surface area (TPSA) is 105 Å². The highest BCUT2D eigenvalue weighted by Gasteiger charge is 2.38. The number of methoxy groups -OCH3 is 1. The number of hydrogen-bond donors (Lipinski definition) is 2.